The number of aromatic nitrogens is 1. The lowest BCUT2D eigenvalue weighted by molar-refractivity contribution is 0.415. The minimum atomic E-state index is 0.471. The van der Waals surface area contributed by atoms with Crippen molar-refractivity contribution in [2.75, 3.05) is 12.4 Å². The minimum Gasteiger partial charge on any atom is -0.497 e. The summed E-state index contributed by atoms with van der Waals surface area (Å²) in [6.45, 7) is 0. The van der Waals surface area contributed by atoms with Crippen molar-refractivity contribution < 1.29 is 4.74 Å². The fourth-order valence-corrected chi connectivity index (χ4v) is 1.46. The van der Waals surface area contributed by atoms with E-state index in [4.69, 9.17) is 16.3 Å². The number of nitrogens with one attached hydrogen (secondary N) is 1. The number of ether oxygens (including phenoxy) is 1. The van der Waals surface area contributed by atoms with E-state index in [1.807, 2.05) is 36.4 Å². The van der Waals surface area contributed by atoms with E-state index in [2.05, 4.69) is 10.3 Å². The van der Waals surface area contributed by atoms with Gasteiger partial charge < -0.3 is 10.1 Å². The van der Waals surface area contributed by atoms with Gasteiger partial charge in [0.25, 0.3) is 0 Å². The maximum atomic E-state index is 5.79. The molecular formula is C12H11ClN2O. The van der Waals surface area contributed by atoms with E-state index in [0.717, 1.165) is 17.3 Å². The molecule has 3 nitrogen and oxygen atoms in total. The fourth-order valence-electron chi connectivity index (χ4n) is 1.30. The Morgan fingerprint density at radius 3 is 2.50 bits per heavy atom. The molecule has 0 atom stereocenters. The van der Waals surface area contributed by atoms with Crippen LogP contribution in [0.2, 0.25) is 5.15 Å². The second-order valence-electron chi connectivity index (χ2n) is 3.20. The van der Waals surface area contributed by atoms with Gasteiger partial charge in [0.1, 0.15) is 16.7 Å². The van der Waals surface area contributed by atoms with Gasteiger partial charge in [0.15, 0.2) is 0 Å². The molecule has 0 amide bonds. The van der Waals surface area contributed by atoms with Crippen molar-refractivity contribution in [2.24, 2.45) is 0 Å². The summed E-state index contributed by atoms with van der Waals surface area (Å²) in [4.78, 5) is 4.13. The average molecular weight is 235 g/mol. The molecule has 82 valence electrons. The number of methoxy groups -OCH3 is 1. The van der Waals surface area contributed by atoms with E-state index in [0.29, 0.717) is 5.15 Å². The molecule has 0 radical (unpaired) electrons. The Morgan fingerprint density at radius 1 is 1.12 bits per heavy atom. The summed E-state index contributed by atoms with van der Waals surface area (Å²) in [5.74, 6) is 1.54. The normalized spacial score (nSPS) is 9.88. The molecule has 0 aliphatic carbocycles. The number of hydrogen-bond donors (Lipinski definition) is 1. The second-order valence-corrected chi connectivity index (χ2v) is 3.59. The van der Waals surface area contributed by atoms with Crippen LogP contribution < -0.4 is 10.1 Å². The van der Waals surface area contributed by atoms with Crippen LogP contribution >= 0.6 is 11.6 Å². The molecule has 2 rings (SSSR count). The van der Waals surface area contributed by atoms with Gasteiger partial charge >= 0.3 is 0 Å². The standard InChI is InChI=1S/C12H11ClN2O/c1-16-10-7-5-9(6-8-10)14-12-4-2-3-11(13)15-12/h2-8H,1H3,(H,14,15). The SMILES string of the molecule is COc1ccc(Nc2cccc(Cl)n2)cc1. The summed E-state index contributed by atoms with van der Waals surface area (Å²) in [5, 5.41) is 3.62. The monoisotopic (exact) mass is 234 g/mol. The van der Waals surface area contributed by atoms with Crippen molar-refractivity contribution in [1.82, 2.24) is 4.98 Å². The van der Waals surface area contributed by atoms with E-state index in [1.54, 1.807) is 13.2 Å². The van der Waals surface area contributed by atoms with Crippen LogP contribution in [-0.2, 0) is 0 Å². The number of rotatable bonds is 3. The predicted octanol–water partition coefficient (Wildman–Crippen LogP) is 3.49. The Kier molecular flexibility index (Phi) is 3.27. The van der Waals surface area contributed by atoms with Gasteiger partial charge in [0.2, 0.25) is 0 Å². The molecule has 16 heavy (non-hydrogen) atoms. The Balaban J connectivity index is 2.14. The number of benzene rings is 1. The highest BCUT2D eigenvalue weighted by atomic mass is 35.5. The summed E-state index contributed by atoms with van der Waals surface area (Å²) in [6.07, 6.45) is 0. The third-order valence-electron chi connectivity index (χ3n) is 2.08. The Morgan fingerprint density at radius 2 is 1.88 bits per heavy atom. The number of halogens is 1. The van der Waals surface area contributed by atoms with E-state index >= 15 is 0 Å². The maximum absolute atomic E-state index is 5.79. The van der Waals surface area contributed by atoms with Gasteiger partial charge in [0.05, 0.1) is 7.11 Å². The molecule has 1 aromatic heterocycles. The van der Waals surface area contributed by atoms with Crippen molar-refractivity contribution in [3.05, 3.63) is 47.6 Å². The van der Waals surface area contributed by atoms with Crippen LogP contribution in [0, 0.1) is 0 Å². The lowest BCUT2D eigenvalue weighted by Gasteiger charge is -2.06. The Labute approximate surface area is 99.0 Å². The van der Waals surface area contributed by atoms with E-state index in [9.17, 15) is 0 Å². The van der Waals surface area contributed by atoms with Crippen LogP contribution in [0.4, 0.5) is 11.5 Å². The van der Waals surface area contributed by atoms with Crippen LogP contribution in [0.3, 0.4) is 0 Å². The second kappa shape index (κ2) is 4.86. The maximum Gasteiger partial charge on any atom is 0.132 e. The summed E-state index contributed by atoms with van der Waals surface area (Å²) in [7, 11) is 1.64. The molecule has 0 fully saturated rings. The lowest BCUT2D eigenvalue weighted by atomic mass is 10.3. The molecule has 0 saturated carbocycles. The molecule has 0 saturated heterocycles. The van der Waals surface area contributed by atoms with Crippen molar-refractivity contribution in [3.8, 4) is 5.75 Å². The van der Waals surface area contributed by atoms with E-state index in [1.165, 1.54) is 0 Å². The summed E-state index contributed by atoms with van der Waals surface area (Å²) < 4.78 is 5.07. The van der Waals surface area contributed by atoms with Gasteiger partial charge in [-0.1, -0.05) is 17.7 Å². The first-order chi connectivity index (χ1) is 7.78. The summed E-state index contributed by atoms with van der Waals surface area (Å²) >= 11 is 5.79. The van der Waals surface area contributed by atoms with Crippen LogP contribution in [0.5, 0.6) is 5.75 Å². The molecule has 1 aromatic carbocycles. The number of nitrogens with zero attached hydrogens (tertiary/aromatic N) is 1. The third-order valence-corrected chi connectivity index (χ3v) is 2.29. The van der Waals surface area contributed by atoms with Gasteiger partial charge in [-0.05, 0) is 36.4 Å². The van der Waals surface area contributed by atoms with Crippen LogP contribution in [0.25, 0.3) is 0 Å². The zero-order chi connectivity index (χ0) is 11.4. The minimum absolute atomic E-state index is 0.471. The first kappa shape index (κ1) is 10.8. The van der Waals surface area contributed by atoms with E-state index in [-0.39, 0.29) is 0 Å². The largest absolute Gasteiger partial charge is 0.497 e. The van der Waals surface area contributed by atoms with Gasteiger partial charge in [-0.3, -0.25) is 0 Å². The number of anilines is 2. The summed E-state index contributed by atoms with van der Waals surface area (Å²) in [6, 6.07) is 13.0. The van der Waals surface area contributed by atoms with E-state index < -0.39 is 0 Å². The van der Waals surface area contributed by atoms with Crippen LogP contribution in [0.1, 0.15) is 0 Å². The zero-order valence-electron chi connectivity index (χ0n) is 8.77. The van der Waals surface area contributed by atoms with Gasteiger partial charge in [-0.2, -0.15) is 0 Å². The predicted molar refractivity (Wildman–Crippen MR) is 65.5 cm³/mol. The van der Waals surface area contributed by atoms with Crippen molar-refractivity contribution in [3.63, 3.8) is 0 Å². The molecule has 1 N–H and O–H groups in total. The molecule has 0 aliphatic heterocycles. The van der Waals surface area contributed by atoms with Crippen LogP contribution in [0.15, 0.2) is 42.5 Å². The topological polar surface area (TPSA) is 34.1 Å². The molecule has 0 unspecified atom stereocenters. The van der Waals surface area contributed by atoms with Crippen molar-refractivity contribution >= 4 is 23.1 Å². The van der Waals surface area contributed by atoms with Gasteiger partial charge in [0, 0.05) is 5.69 Å². The third kappa shape index (κ3) is 2.64. The molecule has 0 aliphatic rings. The average Bonchev–Trinajstić information content (AvgIpc) is 2.30. The molecule has 2 aromatic rings. The fraction of sp³-hybridized carbons (Fsp3) is 0.0833. The van der Waals surface area contributed by atoms with Gasteiger partial charge in [-0.15, -0.1) is 0 Å². The smallest absolute Gasteiger partial charge is 0.132 e. The van der Waals surface area contributed by atoms with Gasteiger partial charge in [-0.25, -0.2) is 4.98 Å². The molecule has 0 bridgehead atoms. The zero-order valence-corrected chi connectivity index (χ0v) is 9.53. The first-order valence-corrected chi connectivity index (χ1v) is 5.19. The number of hydrogen-bond acceptors (Lipinski definition) is 3. The highest BCUT2D eigenvalue weighted by molar-refractivity contribution is 6.29. The highest BCUT2D eigenvalue weighted by Gasteiger charge is 1.97. The molecule has 4 heteroatoms. The summed E-state index contributed by atoms with van der Waals surface area (Å²) in [5.41, 5.74) is 0.940. The first-order valence-electron chi connectivity index (χ1n) is 4.81. The molecular weight excluding hydrogens is 224 g/mol. The quantitative estimate of drug-likeness (QED) is 0.826. The highest BCUT2D eigenvalue weighted by Crippen LogP contribution is 2.19. The molecule has 1 heterocycles. The number of pyridine rings is 1. The van der Waals surface area contributed by atoms with Crippen molar-refractivity contribution in [2.45, 2.75) is 0 Å². The molecule has 0 spiro atoms. The Hall–Kier alpha value is -1.74. The van der Waals surface area contributed by atoms with Crippen LogP contribution in [-0.4, -0.2) is 12.1 Å². The Bertz CT molecular complexity index is 471. The lowest BCUT2D eigenvalue weighted by Crippen LogP contribution is -1.93. The van der Waals surface area contributed by atoms with Crippen molar-refractivity contribution in [1.29, 1.82) is 0 Å².